The lowest BCUT2D eigenvalue weighted by molar-refractivity contribution is 0.111. The Morgan fingerprint density at radius 3 is 2.62 bits per heavy atom. The molecule has 13 heavy (non-hydrogen) atoms. The first-order valence-corrected chi connectivity index (χ1v) is 8.02. The molecule has 0 aliphatic heterocycles. The van der Waals surface area contributed by atoms with Crippen LogP contribution >= 0.6 is 44.3 Å². The third-order valence-electron chi connectivity index (χ3n) is 0.908. The number of rotatable bonds is 2. The molecule has 0 saturated heterocycles. The van der Waals surface area contributed by atoms with Crippen LogP contribution in [-0.4, -0.2) is 30.1 Å². The lowest BCUT2D eigenvalue weighted by Gasteiger charge is -1.92. The summed E-state index contributed by atoms with van der Waals surface area (Å²) in [6, 6.07) is 1.69. The molecular formula is C6H9BrIN2O2P. The molecule has 1 heterocycles. The number of hydrogen-bond donors (Lipinski definition) is 0. The van der Waals surface area contributed by atoms with Gasteiger partial charge in [0.25, 0.3) is 0 Å². The van der Waals surface area contributed by atoms with Crippen molar-refractivity contribution in [2.24, 2.45) is 0 Å². The zero-order valence-corrected chi connectivity index (χ0v) is 11.9. The number of aldehydes is 1. The van der Waals surface area contributed by atoms with E-state index in [4.69, 9.17) is 0 Å². The highest BCUT2D eigenvalue weighted by atomic mass is 127. The Morgan fingerprint density at radius 1 is 1.77 bits per heavy atom. The number of carbonyl (C=O) groups is 1. The Balaban J connectivity index is 0.000000424. The number of aromatic nitrogens is 2. The molecule has 0 spiro atoms. The topological polar surface area (TPSA) is 44.1 Å². The number of nitrogens with zero attached hydrogens (tertiary/aromatic N) is 2. The van der Waals surface area contributed by atoms with E-state index in [1.165, 1.54) is 0 Å². The molecule has 0 radical (unpaired) electrons. The van der Waals surface area contributed by atoms with Gasteiger partial charge < -0.3 is 4.74 Å². The first-order chi connectivity index (χ1) is 6.19. The minimum absolute atomic E-state index is 0.471. The maximum absolute atomic E-state index is 10.3. The van der Waals surface area contributed by atoms with Gasteiger partial charge in [0.15, 0.2) is 6.29 Å². The van der Waals surface area contributed by atoms with E-state index in [0.29, 0.717) is 16.7 Å². The van der Waals surface area contributed by atoms with Gasteiger partial charge in [0.2, 0.25) is 0 Å². The molecule has 4 nitrogen and oxygen atoms in total. The van der Waals surface area contributed by atoms with E-state index >= 15 is 0 Å². The van der Waals surface area contributed by atoms with Gasteiger partial charge >= 0.3 is 0 Å². The van der Waals surface area contributed by atoms with Crippen molar-refractivity contribution in [1.29, 1.82) is 0 Å². The summed E-state index contributed by atoms with van der Waals surface area (Å²) in [5, 5.41) is 4.01. The molecule has 0 aromatic carbocycles. The second kappa shape index (κ2) is 7.84. The number of methoxy groups -OCH3 is 1. The third-order valence-corrected chi connectivity index (χ3v) is 3.18. The first-order valence-electron chi connectivity index (χ1n) is 3.17. The quantitative estimate of drug-likeness (QED) is 0.451. The van der Waals surface area contributed by atoms with E-state index < -0.39 is 0 Å². The Kier molecular flexibility index (Phi) is 8.13. The summed E-state index contributed by atoms with van der Waals surface area (Å²) in [7, 11) is 3.25. The Bertz CT molecular complexity index is 269. The average molecular weight is 379 g/mol. The van der Waals surface area contributed by atoms with Crippen LogP contribution in [0.25, 0.3) is 0 Å². The molecule has 1 aromatic heterocycles. The molecule has 0 saturated carbocycles. The SMILES string of the molecule is COC.O=Cc1cc(Br)nn1PI. The van der Waals surface area contributed by atoms with Crippen molar-refractivity contribution < 1.29 is 9.53 Å². The predicted octanol–water partition coefficient (Wildman–Crippen LogP) is 2.51. The fraction of sp³-hybridized carbons (Fsp3) is 0.333. The molecule has 0 amide bonds. The Morgan fingerprint density at radius 2 is 2.31 bits per heavy atom. The average Bonchev–Trinajstić information content (AvgIpc) is 2.47. The third kappa shape index (κ3) is 5.05. The van der Waals surface area contributed by atoms with Crippen LogP contribution in [0.1, 0.15) is 10.5 Å². The number of ether oxygens (including phenoxy) is 1. The van der Waals surface area contributed by atoms with Crippen molar-refractivity contribution in [3.63, 3.8) is 0 Å². The summed E-state index contributed by atoms with van der Waals surface area (Å²) in [6.45, 7) is 0. The minimum Gasteiger partial charge on any atom is -0.388 e. The fourth-order valence-electron chi connectivity index (χ4n) is 0.517. The molecule has 0 aliphatic rings. The monoisotopic (exact) mass is 378 g/mol. The molecule has 0 fully saturated rings. The molecule has 0 bridgehead atoms. The van der Waals surface area contributed by atoms with Gasteiger partial charge in [-0.2, -0.15) is 5.10 Å². The zero-order valence-electron chi connectivity index (χ0n) is 7.12. The van der Waals surface area contributed by atoms with Crippen molar-refractivity contribution in [2.45, 2.75) is 0 Å². The Labute approximate surface area is 99.9 Å². The van der Waals surface area contributed by atoms with Crippen molar-refractivity contribution in [1.82, 2.24) is 9.55 Å². The van der Waals surface area contributed by atoms with E-state index in [-0.39, 0.29) is 0 Å². The van der Waals surface area contributed by atoms with E-state index in [0.717, 1.165) is 6.29 Å². The smallest absolute Gasteiger partial charge is 0.168 e. The summed E-state index contributed by atoms with van der Waals surface area (Å²) >= 11 is 5.34. The fourth-order valence-corrected chi connectivity index (χ4v) is 2.58. The Hall–Kier alpha value is 0.480. The second-order valence-electron chi connectivity index (χ2n) is 1.91. The van der Waals surface area contributed by atoms with Crippen LogP contribution in [0.3, 0.4) is 0 Å². The van der Waals surface area contributed by atoms with E-state index in [1.807, 2.05) is 0 Å². The molecule has 7 heteroatoms. The van der Waals surface area contributed by atoms with Crippen molar-refractivity contribution in [2.75, 3.05) is 14.2 Å². The van der Waals surface area contributed by atoms with E-state index in [1.54, 1.807) is 24.7 Å². The van der Waals surface area contributed by atoms with Gasteiger partial charge in [-0.15, -0.1) is 0 Å². The van der Waals surface area contributed by atoms with Crippen LogP contribution in [-0.2, 0) is 4.74 Å². The summed E-state index contributed by atoms with van der Waals surface area (Å²) in [4.78, 5) is 10.3. The van der Waals surface area contributed by atoms with Crippen LogP contribution in [0.2, 0.25) is 0 Å². The molecular weight excluding hydrogens is 370 g/mol. The zero-order chi connectivity index (χ0) is 10.3. The van der Waals surface area contributed by atoms with Crippen molar-refractivity contribution in [3.8, 4) is 0 Å². The summed E-state index contributed by atoms with van der Waals surface area (Å²) in [5.41, 5.74) is 0.611. The molecule has 74 valence electrons. The molecule has 1 aromatic rings. The van der Waals surface area contributed by atoms with Gasteiger partial charge in [0, 0.05) is 20.3 Å². The molecule has 0 aliphatic carbocycles. The predicted molar refractivity (Wildman–Crippen MR) is 66.0 cm³/mol. The number of halogens is 2. The van der Waals surface area contributed by atoms with Crippen molar-refractivity contribution >= 4 is 50.6 Å². The van der Waals surface area contributed by atoms with Crippen LogP contribution in [0.15, 0.2) is 10.7 Å². The van der Waals surface area contributed by atoms with Gasteiger partial charge in [-0.05, 0) is 38.0 Å². The van der Waals surface area contributed by atoms with Crippen LogP contribution in [0.5, 0.6) is 0 Å². The number of hydrogen-bond acceptors (Lipinski definition) is 3. The molecule has 1 rings (SSSR count). The second-order valence-corrected chi connectivity index (χ2v) is 4.77. The van der Waals surface area contributed by atoms with E-state index in [9.17, 15) is 4.79 Å². The van der Waals surface area contributed by atoms with E-state index in [2.05, 4.69) is 47.8 Å². The summed E-state index contributed by atoms with van der Waals surface area (Å²) in [5.74, 6) is 0. The molecule has 0 N–H and O–H groups in total. The van der Waals surface area contributed by atoms with Crippen molar-refractivity contribution in [3.05, 3.63) is 16.4 Å². The normalized spacial score (nSPS) is 9.85. The first kappa shape index (κ1) is 13.5. The molecule has 1 atom stereocenters. The lowest BCUT2D eigenvalue weighted by Crippen LogP contribution is -1.89. The highest BCUT2D eigenvalue weighted by Crippen LogP contribution is 2.25. The number of carbonyl (C=O) groups excluding carboxylic acids is 1. The maximum Gasteiger partial charge on any atom is 0.168 e. The van der Waals surface area contributed by atoms with Gasteiger partial charge in [0.05, 0.1) is 6.37 Å². The van der Waals surface area contributed by atoms with Gasteiger partial charge in [0.1, 0.15) is 10.3 Å². The van der Waals surface area contributed by atoms with Crippen LogP contribution < -0.4 is 0 Å². The minimum atomic E-state index is 0.471. The van der Waals surface area contributed by atoms with Crippen LogP contribution in [0.4, 0.5) is 0 Å². The summed E-state index contributed by atoms with van der Waals surface area (Å²) in [6.07, 6.45) is 1.27. The largest absolute Gasteiger partial charge is 0.388 e. The van der Waals surface area contributed by atoms with Gasteiger partial charge in [-0.25, -0.2) is 4.45 Å². The lowest BCUT2D eigenvalue weighted by atomic mass is 10.5. The summed E-state index contributed by atoms with van der Waals surface area (Å²) < 4.78 is 6.61. The highest BCUT2D eigenvalue weighted by molar-refractivity contribution is 14.2. The van der Waals surface area contributed by atoms with Gasteiger partial charge in [-0.3, -0.25) is 4.79 Å². The van der Waals surface area contributed by atoms with Crippen LogP contribution in [0, 0.1) is 0 Å². The highest BCUT2D eigenvalue weighted by Gasteiger charge is 2.02. The standard InChI is InChI=1S/C4H3BrIN2OP.C2H6O/c5-4-1-3(2-9)8(7-4)10-6;1-3-2/h1-2,10H;1-2H3. The van der Waals surface area contributed by atoms with Gasteiger partial charge in [-0.1, -0.05) is 0 Å². The molecule has 1 unspecified atom stereocenters. The maximum atomic E-state index is 10.3.